The molecule has 6 heteroatoms. The number of nitrogens with zero attached hydrogens (tertiary/aromatic N) is 2. The summed E-state index contributed by atoms with van der Waals surface area (Å²) in [6, 6.07) is 0. The maximum absolute atomic E-state index is 10.7. The highest BCUT2D eigenvalue weighted by molar-refractivity contribution is 4.69. The summed E-state index contributed by atoms with van der Waals surface area (Å²) in [6.07, 6.45) is 32.2. The lowest BCUT2D eigenvalue weighted by Gasteiger charge is -2.27. The van der Waals surface area contributed by atoms with E-state index in [-0.39, 0.29) is 12.2 Å². The Bertz CT molecular complexity index is 493. The first-order valence-corrected chi connectivity index (χ1v) is 19.8. The highest BCUT2D eigenvalue weighted by Gasteiger charge is 2.14. The van der Waals surface area contributed by atoms with E-state index in [9.17, 15) is 10.2 Å². The summed E-state index contributed by atoms with van der Waals surface area (Å²) in [5.74, 6) is 0. The first kappa shape index (κ1) is 43.8. The number of rotatable bonds is 37. The van der Waals surface area contributed by atoms with E-state index < -0.39 is 0 Å². The minimum absolute atomic E-state index is 0.233. The van der Waals surface area contributed by atoms with Gasteiger partial charge in [0.05, 0.1) is 12.2 Å². The molecule has 0 radical (unpaired) electrons. The Balaban J connectivity index is 4.15. The van der Waals surface area contributed by atoms with Gasteiger partial charge in [0, 0.05) is 13.1 Å². The van der Waals surface area contributed by atoms with Gasteiger partial charge in [0.15, 0.2) is 0 Å². The predicted molar refractivity (Wildman–Crippen MR) is 194 cm³/mol. The van der Waals surface area contributed by atoms with Crippen LogP contribution in [0.5, 0.6) is 0 Å². The van der Waals surface area contributed by atoms with Crippen LogP contribution in [0.2, 0.25) is 0 Å². The fraction of sp³-hybridized carbons (Fsp3) is 1.00. The lowest BCUT2D eigenvalue weighted by Crippen LogP contribution is -2.36. The summed E-state index contributed by atoms with van der Waals surface area (Å²) in [5.41, 5.74) is 11.6. The van der Waals surface area contributed by atoms with E-state index in [1.54, 1.807) is 0 Å². The zero-order valence-corrected chi connectivity index (χ0v) is 30.1. The first-order chi connectivity index (χ1) is 21.6. The molecule has 6 N–H and O–H groups in total. The molecule has 0 bridgehead atoms. The summed E-state index contributed by atoms with van der Waals surface area (Å²) in [4.78, 5) is 4.86. The van der Waals surface area contributed by atoms with Gasteiger partial charge in [-0.2, -0.15) is 0 Å². The molecule has 0 aliphatic heterocycles. The molecule has 0 saturated carbocycles. The summed E-state index contributed by atoms with van der Waals surface area (Å²) in [5, 5.41) is 21.5. The van der Waals surface area contributed by atoms with Gasteiger partial charge in [0.25, 0.3) is 0 Å². The van der Waals surface area contributed by atoms with Gasteiger partial charge in [-0.05, 0) is 77.8 Å². The van der Waals surface area contributed by atoms with Crippen molar-refractivity contribution < 1.29 is 10.2 Å². The fourth-order valence-corrected chi connectivity index (χ4v) is 6.40. The third-order valence-corrected chi connectivity index (χ3v) is 9.28. The fourth-order valence-electron chi connectivity index (χ4n) is 6.40. The second-order valence-electron chi connectivity index (χ2n) is 13.8. The Hall–Kier alpha value is -0.240. The molecule has 0 aliphatic carbocycles. The molecule has 0 aromatic rings. The Morgan fingerprint density at radius 1 is 0.386 bits per heavy atom. The molecule has 0 rings (SSSR count). The molecule has 2 atom stereocenters. The van der Waals surface area contributed by atoms with Crippen LogP contribution in [0.1, 0.15) is 181 Å². The van der Waals surface area contributed by atoms with Crippen molar-refractivity contribution in [1.29, 1.82) is 0 Å². The summed E-state index contributed by atoms with van der Waals surface area (Å²) in [6.45, 7) is 11.5. The van der Waals surface area contributed by atoms with Gasteiger partial charge >= 0.3 is 0 Å². The Labute approximate surface area is 276 Å². The van der Waals surface area contributed by atoms with Crippen molar-refractivity contribution in [1.82, 2.24) is 9.80 Å². The molecular formula is C38H82N4O2. The number of aliphatic hydroxyl groups is 2. The van der Waals surface area contributed by atoms with E-state index in [2.05, 4.69) is 23.6 Å². The average molecular weight is 627 g/mol. The van der Waals surface area contributed by atoms with Gasteiger partial charge in [-0.1, -0.05) is 142 Å². The highest BCUT2D eigenvalue weighted by Crippen LogP contribution is 2.14. The number of unbranched alkanes of at least 4 members (excludes halogenated alkanes) is 19. The van der Waals surface area contributed by atoms with Crippen LogP contribution in [0.25, 0.3) is 0 Å². The minimum Gasteiger partial charge on any atom is -0.392 e. The molecule has 44 heavy (non-hydrogen) atoms. The first-order valence-electron chi connectivity index (χ1n) is 19.8. The zero-order valence-electron chi connectivity index (χ0n) is 30.1. The second kappa shape index (κ2) is 35.6. The number of nitrogens with two attached hydrogens (primary N) is 2. The van der Waals surface area contributed by atoms with Crippen LogP contribution in [0.3, 0.4) is 0 Å². The van der Waals surface area contributed by atoms with Crippen LogP contribution in [-0.2, 0) is 0 Å². The van der Waals surface area contributed by atoms with Crippen LogP contribution in [0.15, 0.2) is 0 Å². The number of aliphatic hydroxyl groups excluding tert-OH is 2. The largest absolute Gasteiger partial charge is 0.392 e. The molecule has 0 aromatic carbocycles. The number of hydrogen-bond donors (Lipinski definition) is 4. The molecule has 0 heterocycles. The number of hydrogen-bond acceptors (Lipinski definition) is 6. The van der Waals surface area contributed by atoms with Crippen LogP contribution in [0, 0.1) is 0 Å². The van der Waals surface area contributed by atoms with Crippen molar-refractivity contribution in [2.75, 3.05) is 52.4 Å². The lowest BCUT2D eigenvalue weighted by molar-refractivity contribution is 0.0939. The van der Waals surface area contributed by atoms with Gasteiger partial charge in [-0.3, -0.25) is 0 Å². The van der Waals surface area contributed by atoms with Gasteiger partial charge in [0.2, 0.25) is 0 Å². The van der Waals surface area contributed by atoms with Crippen LogP contribution in [0.4, 0.5) is 0 Å². The topological polar surface area (TPSA) is 99.0 Å². The zero-order chi connectivity index (χ0) is 32.4. The summed E-state index contributed by atoms with van der Waals surface area (Å²) < 4.78 is 0. The quantitative estimate of drug-likeness (QED) is 0.0517. The van der Waals surface area contributed by atoms with Gasteiger partial charge in [0.1, 0.15) is 0 Å². The second-order valence-corrected chi connectivity index (χ2v) is 13.8. The summed E-state index contributed by atoms with van der Waals surface area (Å²) in [7, 11) is 0. The van der Waals surface area contributed by atoms with Gasteiger partial charge < -0.3 is 31.5 Å². The van der Waals surface area contributed by atoms with Crippen molar-refractivity contribution >= 4 is 0 Å². The molecule has 0 aliphatic rings. The Morgan fingerprint density at radius 2 is 0.659 bits per heavy atom. The predicted octanol–water partition coefficient (Wildman–Crippen LogP) is 8.41. The van der Waals surface area contributed by atoms with E-state index in [4.69, 9.17) is 11.5 Å². The van der Waals surface area contributed by atoms with Crippen molar-refractivity contribution in [3.63, 3.8) is 0 Å². The standard InChI is InChI=1S/C38H82N4O2/c1-3-5-7-9-11-13-15-17-19-21-27-37(43)35-41(33-25-29-39)31-23-24-32-42(34-26-30-40)36-38(44)28-22-20-18-16-14-12-10-8-6-4-2/h37-38,43-44H,3-36,39-40H2,1-2H3. The van der Waals surface area contributed by atoms with E-state index in [0.29, 0.717) is 13.1 Å². The maximum atomic E-state index is 10.7. The molecular weight excluding hydrogens is 544 g/mol. The van der Waals surface area contributed by atoms with E-state index in [1.807, 2.05) is 0 Å². The Kier molecular flexibility index (Phi) is 35.4. The van der Waals surface area contributed by atoms with E-state index in [0.717, 1.165) is 90.6 Å². The van der Waals surface area contributed by atoms with Crippen molar-refractivity contribution in [2.24, 2.45) is 11.5 Å². The van der Waals surface area contributed by atoms with Gasteiger partial charge in [-0.25, -0.2) is 0 Å². The lowest BCUT2D eigenvalue weighted by atomic mass is 10.0. The minimum atomic E-state index is -0.233. The molecule has 0 spiro atoms. The third kappa shape index (κ3) is 31.7. The normalized spacial score (nSPS) is 13.4. The monoisotopic (exact) mass is 627 g/mol. The van der Waals surface area contributed by atoms with Crippen LogP contribution in [-0.4, -0.2) is 84.6 Å². The van der Waals surface area contributed by atoms with Crippen LogP contribution < -0.4 is 11.5 Å². The van der Waals surface area contributed by atoms with E-state index >= 15 is 0 Å². The maximum Gasteiger partial charge on any atom is 0.0667 e. The van der Waals surface area contributed by atoms with Gasteiger partial charge in [-0.15, -0.1) is 0 Å². The third-order valence-electron chi connectivity index (χ3n) is 9.28. The molecule has 0 aromatic heterocycles. The van der Waals surface area contributed by atoms with Crippen molar-refractivity contribution in [3.8, 4) is 0 Å². The Morgan fingerprint density at radius 3 is 0.955 bits per heavy atom. The molecule has 0 saturated heterocycles. The molecule has 2 unspecified atom stereocenters. The highest BCUT2D eigenvalue weighted by atomic mass is 16.3. The van der Waals surface area contributed by atoms with E-state index in [1.165, 1.54) is 116 Å². The van der Waals surface area contributed by atoms with Crippen molar-refractivity contribution in [2.45, 2.75) is 193 Å². The van der Waals surface area contributed by atoms with Crippen molar-refractivity contribution in [3.05, 3.63) is 0 Å². The molecule has 266 valence electrons. The SMILES string of the molecule is CCCCCCCCCCCCC(O)CN(CCCN)CCCCN(CCCN)CC(O)CCCCCCCCCCCC. The molecule has 0 fully saturated rings. The molecule has 6 nitrogen and oxygen atoms in total. The van der Waals surface area contributed by atoms with Crippen LogP contribution >= 0.6 is 0 Å². The average Bonchev–Trinajstić information content (AvgIpc) is 3.02. The summed E-state index contributed by atoms with van der Waals surface area (Å²) >= 11 is 0. The molecule has 0 amide bonds. The smallest absolute Gasteiger partial charge is 0.0667 e.